The molecular weight excluding hydrogens is 399 g/mol. The lowest BCUT2D eigenvalue weighted by Gasteiger charge is -2.25. The standard InChI is InChI=1S/C21H20ClFN2O4/c1-13(14-5-3-2-4-6-14)25-11-15(9-20(25)27)21(28)29-12-19(26)24-16-7-8-18(23)17(22)10-16/h2-8,10,13,15H,9,11-12H2,1H3,(H,24,26)/t13-,15+/m0/s1. The highest BCUT2D eigenvalue weighted by atomic mass is 35.5. The number of nitrogens with one attached hydrogen (secondary N) is 1. The largest absolute Gasteiger partial charge is 0.455 e. The van der Waals surface area contributed by atoms with Crippen molar-refractivity contribution in [2.45, 2.75) is 19.4 Å². The second-order valence-corrected chi connectivity index (χ2v) is 7.23. The third-order valence-corrected chi connectivity index (χ3v) is 5.08. The molecule has 0 aliphatic carbocycles. The van der Waals surface area contributed by atoms with E-state index in [1.54, 1.807) is 4.90 Å². The molecule has 0 aromatic heterocycles. The van der Waals surface area contributed by atoms with Crippen molar-refractivity contribution in [1.82, 2.24) is 4.90 Å². The molecule has 1 aliphatic heterocycles. The second-order valence-electron chi connectivity index (χ2n) is 6.82. The average molecular weight is 419 g/mol. The zero-order valence-corrected chi connectivity index (χ0v) is 16.5. The topological polar surface area (TPSA) is 75.7 Å². The summed E-state index contributed by atoms with van der Waals surface area (Å²) in [5, 5.41) is 2.34. The molecule has 2 atom stereocenters. The van der Waals surface area contributed by atoms with Crippen molar-refractivity contribution in [2.75, 3.05) is 18.5 Å². The van der Waals surface area contributed by atoms with Crippen LogP contribution in [0.1, 0.15) is 24.9 Å². The molecular formula is C21H20ClFN2O4. The molecule has 2 aromatic carbocycles. The quantitative estimate of drug-likeness (QED) is 0.728. The first-order chi connectivity index (χ1) is 13.8. The Labute approximate surface area is 172 Å². The van der Waals surface area contributed by atoms with E-state index in [0.717, 1.165) is 11.6 Å². The van der Waals surface area contributed by atoms with Crippen molar-refractivity contribution in [1.29, 1.82) is 0 Å². The summed E-state index contributed by atoms with van der Waals surface area (Å²) in [6.07, 6.45) is 0.0468. The number of hydrogen-bond acceptors (Lipinski definition) is 4. The highest BCUT2D eigenvalue weighted by Gasteiger charge is 2.38. The first-order valence-electron chi connectivity index (χ1n) is 9.11. The Bertz CT molecular complexity index is 922. The predicted molar refractivity (Wildman–Crippen MR) is 106 cm³/mol. The van der Waals surface area contributed by atoms with E-state index in [4.69, 9.17) is 16.3 Å². The maximum atomic E-state index is 13.1. The van der Waals surface area contributed by atoms with Crippen molar-refractivity contribution < 1.29 is 23.5 Å². The van der Waals surface area contributed by atoms with E-state index >= 15 is 0 Å². The second kappa shape index (κ2) is 9.05. The van der Waals surface area contributed by atoms with Crippen LogP contribution in [0.2, 0.25) is 5.02 Å². The van der Waals surface area contributed by atoms with Gasteiger partial charge in [-0.1, -0.05) is 41.9 Å². The lowest BCUT2D eigenvalue weighted by Crippen LogP contribution is -2.30. The van der Waals surface area contributed by atoms with Crippen molar-refractivity contribution >= 4 is 35.1 Å². The maximum Gasteiger partial charge on any atom is 0.311 e. The van der Waals surface area contributed by atoms with E-state index in [1.807, 2.05) is 37.3 Å². The molecule has 1 saturated heterocycles. The molecule has 0 unspecified atom stereocenters. The van der Waals surface area contributed by atoms with Crippen LogP contribution in [0.3, 0.4) is 0 Å². The molecule has 1 N–H and O–H groups in total. The Balaban J connectivity index is 1.51. The summed E-state index contributed by atoms with van der Waals surface area (Å²) in [5.74, 6) is -2.54. The zero-order valence-electron chi connectivity index (χ0n) is 15.7. The van der Waals surface area contributed by atoms with Crippen LogP contribution in [-0.2, 0) is 19.1 Å². The number of esters is 1. The third-order valence-electron chi connectivity index (χ3n) is 4.79. The number of likely N-dealkylation sites (tertiary alicyclic amines) is 1. The molecule has 0 spiro atoms. The Morgan fingerprint density at radius 3 is 2.69 bits per heavy atom. The number of ether oxygens (including phenoxy) is 1. The number of benzene rings is 2. The van der Waals surface area contributed by atoms with E-state index < -0.39 is 30.2 Å². The number of anilines is 1. The molecule has 29 heavy (non-hydrogen) atoms. The number of carbonyl (C=O) groups excluding carboxylic acids is 3. The zero-order chi connectivity index (χ0) is 21.0. The van der Waals surface area contributed by atoms with Crippen LogP contribution >= 0.6 is 11.6 Å². The van der Waals surface area contributed by atoms with E-state index in [-0.39, 0.29) is 35.6 Å². The van der Waals surface area contributed by atoms with Gasteiger partial charge in [0.25, 0.3) is 5.91 Å². The number of halogens is 2. The van der Waals surface area contributed by atoms with Gasteiger partial charge in [0.1, 0.15) is 5.82 Å². The van der Waals surface area contributed by atoms with Gasteiger partial charge >= 0.3 is 5.97 Å². The molecule has 1 aliphatic rings. The van der Waals surface area contributed by atoms with Gasteiger partial charge in [-0.2, -0.15) is 0 Å². The minimum atomic E-state index is -0.623. The molecule has 1 fully saturated rings. The molecule has 6 nitrogen and oxygen atoms in total. The minimum absolute atomic E-state index is 0.0468. The number of carbonyl (C=O) groups is 3. The molecule has 152 valence electrons. The SMILES string of the molecule is C[C@@H](c1ccccc1)N1C[C@H](C(=O)OCC(=O)Nc2ccc(F)c(Cl)c2)CC1=O. The number of hydrogen-bond donors (Lipinski definition) is 1. The summed E-state index contributed by atoms with van der Waals surface area (Å²) in [7, 11) is 0. The van der Waals surface area contributed by atoms with Crippen LogP contribution in [0.4, 0.5) is 10.1 Å². The van der Waals surface area contributed by atoms with Crippen molar-refractivity contribution in [3.8, 4) is 0 Å². The van der Waals surface area contributed by atoms with Gasteiger partial charge in [-0.25, -0.2) is 4.39 Å². The highest BCUT2D eigenvalue weighted by Crippen LogP contribution is 2.29. The third kappa shape index (κ3) is 5.12. The van der Waals surface area contributed by atoms with Crippen molar-refractivity contribution in [3.63, 3.8) is 0 Å². The molecule has 2 amide bonds. The lowest BCUT2D eigenvalue weighted by atomic mass is 10.1. The molecule has 2 aromatic rings. The fraction of sp³-hybridized carbons (Fsp3) is 0.286. The average Bonchev–Trinajstić information content (AvgIpc) is 3.11. The fourth-order valence-electron chi connectivity index (χ4n) is 3.20. The summed E-state index contributed by atoms with van der Waals surface area (Å²) in [6.45, 7) is 1.64. The normalized spacial score (nSPS) is 17.1. The van der Waals surface area contributed by atoms with Crippen molar-refractivity contribution in [3.05, 3.63) is 64.9 Å². The van der Waals surface area contributed by atoms with Gasteiger partial charge in [0.15, 0.2) is 6.61 Å². The smallest absolute Gasteiger partial charge is 0.311 e. The molecule has 8 heteroatoms. The fourth-order valence-corrected chi connectivity index (χ4v) is 3.38. The number of amides is 2. The summed E-state index contributed by atoms with van der Waals surface area (Å²) in [6, 6.07) is 13.1. The molecule has 0 saturated carbocycles. The molecule has 0 radical (unpaired) electrons. The van der Waals surface area contributed by atoms with Crippen LogP contribution in [0, 0.1) is 11.7 Å². The summed E-state index contributed by atoms with van der Waals surface area (Å²) >= 11 is 5.66. The van der Waals surface area contributed by atoms with E-state index in [2.05, 4.69) is 5.32 Å². The summed E-state index contributed by atoms with van der Waals surface area (Å²) < 4.78 is 18.2. The van der Waals surface area contributed by atoms with Crippen LogP contribution < -0.4 is 5.32 Å². The Kier molecular flexibility index (Phi) is 6.49. The number of nitrogens with zero attached hydrogens (tertiary/aromatic N) is 1. The molecule has 3 rings (SSSR count). The van der Waals surface area contributed by atoms with Crippen LogP contribution in [0.25, 0.3) is 0 Å². The Morgan fingerprint density at radius 2 is 2.00 bits per heavy atom. The van der Waals surface area contributed by atoms with Gasteiger partial charge in [-0.05, 0) is 30.7 Å². The van der Waals surface area contributed by atoms with Gasteiger partial charge in [-0.15, -0.1) is 0 Å². The van der Waals surface area contributed by atoms with Crippen LogP contribution in [0.15, 0.2) is 48.5 Å². The van der Waals surface area contributed by atoms with Gasteiger partial charge in [-0.3, -0.25) is 14.4 Å². The summed E-state index contributed by atoms with van der Waals surface area (Å²) in [5.41, 5.74) is 1.27. The monoisotopic (exact) mass is 418 g/mol. The van der Waals surface area contributed by atoms with E-state index in [9.17, 15) is 18.8 Å². The first-order valence-corrected chi connectivity index (χ1v) is 9.49. The van der Waals surface area contributed by atoms with Crippen molar-refractivity contribution in [2.24, 2.45) is 5.92 Å². The maximum absolute atomic E-state index is 13.1. The predicted octanol–water partition coefficient (Wildman–Crippen LogP) is 3.57. The van der Waals surface area contributed by atoms with Crippen LogP contribution in [-0.4, -0.2) is 35.8 Å². The Hall–Kier alpha value is -2.93. The van der Waals surface area contributed by atoms with E-state index in [0.29, 0.717) is 0 Å². The van der Waals surface area contributed by atoms with Gasteiger partial charge in [0.2, 0.25) is 5.91 Å². The van der Waals surface area contributed by atoms with Gasteiger partial charge in [0, 0.05) is 18.7 Å². The minimum Gasteiger partial charge on any atom is -0.455 e. The van der Waals surface area contributed by atoms with E-state index in [1.165, 1.54) is 12.1 Å². The number of rotatable bonds is 6. The van der Waals surface area contributed by atoms with Gasteiger partial charge in [0.05, 0.1) is 17.0 Å². The lowest BCUT2D eigenvalue weighted by molar-refractivity contribution is -0.151. The summed E-state index contributed by atoms with van der Waals surface area (Å²) in [4.78, 5) is 38.2. The highest BCUT2D eigenvalue weighted by molar-refractivity contribution is 6.31. The van der Waals surface area contributed by atoms with Gasteiger partial charge < -0.3 is 15.0 Å². The molecule has 0 bridgehead atoms. The Morgan fingerprint density at radius 1 is 1.28 bits per heavy atom. The first kappa shape index (κ1) is 20.8. The van der Waals surface area contributed by atoms with Crippen LogP contribution in [0.5, 0.6) is 0 Å². The molecule has 1 heterocycles.